The first kappa shape index (κ1) is 8.98. The van der Waals surface area contributed by atoms with Crippen LogP contribution >= 0.6 is 11.6 Å². The van der Waals surface area contributed by atoms with Gasteiger partial charge in [-0.3, -0.25) is 0 Å². The molecule has 0 atom stereocenters. The Balaban J connectivity index is 2.09. The number of fused-ring (bicyclic) bond motifs is 1. The molecule has 0 radical (unpaired) electrons. The molecule has 0 bridgehead atoms. The summed E-state index contributed by atoms with van der Waals surface area (Å²) in [6, 6.07) is 7.87. The van der Waals surface area contributed by atoms with E-state index in [9.17, 15) is 0 Å². The summed E-state index contributed by atoms with van der Waals surface area (Å²) in [7, 11) is 0. The second-order valence-electron chi connectivity index (χ2n) is 3.84. The Hall–Kier alpha value is -1.28. The second-order valence-corrected chi connectivity index (χ2v) is 4.27. The SMILES string of the molecule is Clc1ccc(-c2ncc3n2CCC3)cc1. The molecule has 2 aromatic rings. The van der Waals surface area contributed by atoms with Gasteiger partial charge in [0.2, 0.25) is 0 Å². The van der Waals surface area contributed by atoms with Crippen LogP contribution < -0.4 is 0 Å². The average Bonchev–Trinajstić information content (AvgIpc) is 2.80. The standard InChI is InChI=1S/C12H11ClN2/c13-10-5-3-9(4-6-10)12-14-8-11-2-1-7-15(11)12/h3-6,8H,1-2,7H2. The van der Waals surface area contributed by atoms with Crippen molar-refractivity contribution in [1.29, 1.82) is 0 Å². The average molecular weight is 219 g/mol. The highest BCUT2D eigenvalue weighted by Crippen LogP contribution is 2.25. The van der Waals surface area contributed by atoms with E-state index in [0.717, 1.165) is 29.4 Å². The molecule has 1 aliphatic heterocycles. The number of hydrogen-bond acceptors (Lipinski definition) is 1. The van der Waals surface area contributed by atoms with E-state index in [0.29, 0.717) is 0 Å². The van der Waals surface area contributed by atoms with Gasteiger partial charge < -0.3 is 4.57 Å². The molecule has 3 heteroatoms. The fraction of sp³-hybridized carbons (Fsp3) is 0.250. The number of imidazole rings is 1. The fourth-order valence-electron chi connectivity index (χ4n) is 2.11. The molecule has 15 heavy (non-hydrogen) atoms. The molecule has 2 nitrogen and oxygen atoms in total. The van der Waals surface area contributed by atoms with Crippen LogP contribution in [0.1, 0.15) is 12.1 Å². The van der Waals surface area contributed by atoms with Crippen molar-refractivity contribution in [3.8, 4) is 11.4 Å². The molecule has 0 unspecified atom stereocenters. The van der Waals surface area contributed by atoms with E-state index < -0.39 is 0 Å². The van der Waals surface area contributed by atoms with E-state index in [1.165, 1.54) is 12.1 Å². The number of halogens is 1. The van der Waals surface area contributed by atoms with Crippen molar-refractivity contribution >= 4 is 11.6 Å². The van der Waals surface area contributed by atoms with Gasteiger partial charge in [-0.05, 0) is 37.1 Å². The minimum atomic E-state index is 0.770. The molecule has 0 aliphatic carbocycles. The second kappa shape index (κ2) is 3.38. The van der Waals surface area contributed by atoms with Gasteiger partial charge in [-0.15, -0.1) is 0 Å². The van der Waals surface area contributed by atoms with Crippen LogP contribution in [0.3, 0.4) is 0 Å². The smallest absolute Gasteiger partial charge is 0.140 e. The lowest BCUT2D eigenvalue weighted by Crippen LogP contribution is -1.95. The molecule has 0 amide bonds. The van der Waals surface area contributed by atoms with Gasteiger partial charge >= 0.3 is 0 Å². The Morgan fingerprint density at radius 3 is 2.80 bits per heavy atom. The molecule has 76 valence electrons. The predicted molar refractivity (Wildman–Crippen MR) is 61.0 cm³/mol. The van der Waals surface area contributed by atoms with E-state index in [4.69, 9.17) is 11.6 Å². The van der Waals surface area contributed by atoms with E-state index in [2.05, 4.69) is 9.55 Å². The highest BCUT2D eigenvalue weighted by molar-refractivity contribution is 6.30. The maximum atomic E-state index is 5.86. The van der Waals surface area contributed by atoms with Gasteiger partial charge in [-0.25, -0.2) is 4.98 Å². The Bertz CT molecular complexity index is 485. The van der Waals surface area contributed by atoms with Gasteiger partial charge in [-0.2, -0.15) is 0 Å². The largest absolute Gasteiger partial charge is 0.328 e. The maximum absolute atomic E-state index is 5.86. The lowest BCUT2D eigenvalue weighted by Gasteiger charge is -2.04. The predicted octanol–water partition coefficient (Wildman–Crippen LogP) is 3.15. The number of aryl methyl sites for hydroxylation is 1. The zero-order chi connectivity index (χ0) is 10.3. The highest BCUT2D eigenvalue weighted by atomic mass is 35.5. The first-order chi connectivity index (χ1) is 7.34. The van der Waals surface area contributed by atoms with Crippen LogP contribution in [-0.4, -0.2) is 9.55 Å². The van der Waals surface area contributed by atoms with Gasteiger partial charge in [0.25, 0.3) is 0 Å². The van der Waals surface area contributed by atoms with Crippen LogP contribution in [0.2, 0.25) is 5.02 Å². The van der Waals surface area contributed by atoms with Crippen LogP contribution in [-0.2, 0) is 13.0 Å². The van der Waals surface area contributed by atoms with Crippen molar-refractivity contribution < 1.29 is 0 Å². The first-order valence-electron chi connectivity index (χ1n) is 5.15. The van der Waals surface area contributed by atoms with E-state index in [1.54, 1.807) is 0 Å². The molecule has 0 saturated heterocycles. The van der Waals surface area contributed by atoms with Crippen LogP contribution in [0.4, 0.5) is 0 Å². The normalized spacial score (nSPS) is 14.2. The number of benzene rings is 1. The Kier molecular flexibility index (Phi) is 2.03. The molecule has 1 aromatic carbocycles. The van der Waals surface area contributed by atoms with Gasteiger partial charge in [0.15, 0.2) is 0 Å². The third kappa shape index (κ3) is 1.45. The quantitative estimate of drug-likeness (QED) is 0.719. The summed E-state index contributed by atoms with van der Waals surface area (Å²) in [6.45, 7) is 1.09. The molecule has 2 heterocycles. The van der Waals surface area contributed by atoms with Crippen LogP contribution in [0, 0.1) is 0 Å². The third-order valence-electron chi connectivity index (χ3n) is 2.86. The zero-order valence-corrected chi connectivity index (χ0v) is 9.04. The molecular weight excluding hydrogens is 208 g/mol. The summed E-state index contributed by atoms with van der Waals surface area (Å²) in [5, 5.41) is 0.770. The number of hydrogen-bond donors (Lipinski definition) is 0. The molecule has 0 spiro atoms. The Labute approximate surface area is 93.5 Å². The summed E-state index contributed by atoms with van der Waals surface area (Å²) in [4.78, 5) is 4.46. The minimum Gasteiger partial charge on any atom is -0.328 e. The number of nitrogens with zero attached hydrogens (tertiary/aromatic N) is 2. The summed E-state index contributed by atoms with van der Waals surface area (Å²) >= 11 is 5.86. The van der Waals surface area contributed by atoms with Crippen molar-refractivity contribution in [2.45, 2.75) is 19.4 Å². The van der Waals surface area contributed by atoms with Crippen molar-refractivity contribution in [1.82, 2.24) is 9.55 Å². The molecule has 0 N–H and O–H groups in total. The monoisotopic (exact) mass is 218 g/mol. The van der Waals surface area contributed by atoms with Crippen molar-refractivity contribution in [3.63, 3.8) is 0 Å². The topological polar surface area (TPSA) is 17.8 Å². The minimum absolute atomic E-state index is 0.770. The van der Waals surface area contributed by atoms with Crippen molar-refractivity contribution in [2.24, 2.45) is 0 Å². The zero-order valence-electron chi connectivity index (χ0n) is 8.28. The Morgan fingerprint density at radius 2 is 2.00 bits per heavy atom. The van der Waals surface area contributed by atoms with Gasteiger partial charge in [-0.1, -0.05) is 11.6 Å². The van der Waals surface area contributed by atoms with Gasteiger partial charge in [0, 0.05) is 29.0 Å². The summed E-state index contributed by atoms with van der Waals surface area (Å²) in [5.41, 5.74) is 2.49. The first-order valence-corrected chi connectivity index (χ1v) is 5.53. The summed E-state index contributed by atoms with van der Waals surface area (Å²) in [6.07, 6.45) is 4.37. The van der Waals surface area contributed by atoms with E-state index >= 15 is 0 Å². The van der Waals surface area contributed by atoms with Crippen LogP contribution in [0.15, 0.2) is 30.5 Å². The van der Waals surface area contributed by atoms with Gasteiger partial charge in [0.1, 0.15) is 5.82 Å². The molecular formula is C12H11ClN2. The van der Waals surface area contributed by atoms with Crippen molar-refractivity contribution in [2.75, 3.05) is 0 Å². The van der Waals surface area contributed by atoms with Crippen LogP contribution in [0.25, 0.3) is 11.4 Å². The Morgan fingerprint density at radius 1 is 1.20 bits per heavy atom. The summed E-state index contributed by atoms with van der Waals surface area (Å²) in [5.74, 6) is 1.07. The number of rotatable bonds is 1. The molecule has 3 rings (SSSR count). The molecule has 0 saturated carbocycles. The lowest BCUT2D eigenvalue weighted by molar-refractivity contribution is 0.749. The number of aromatic nitrogens is 2. The molecule has 1 aliphatic rings. The fourth-order valence-corrected chi connectivity index (χ4v) is 2.23. The third-order valence-corrected chi connectivity index (χ3v) is 3.11. The lowest BCUT2D eigenvalue weighted by atomic mass is 10.2. The summed E-state index contributed by atoms with van der Waals surface area (Å²) < 4.78 is 2.29. The molecule has 0 fully saturated rings. The van der Waals surface area contributed by atoms with Crippen LogP contribution in [0.5, 0.6) is 0 Å². The maximum Gasteiger partial charge on any atom is 0.140 e. The highest BCUT2D eigenvalue weighted by Gasteiger charge is 2.15. The van der Waals surface area contributed by atoms with E-state index in [1.807, 2.05) is 30.5 Å². The van der Waals surface area contributed by atoms with E-state index in [-0.39, 0.29) is 0 Å². The van der Waals surface area contributed by atoms with Gasteiger partial charge in [0.05, 0.1) is 0 Å². The molecule has 1 aromatic heterocycles. The van der Waals surface area contributed by atoms with Crippen molar-refractivity contribution in [3.05, 3.63) is 41.2 Å².